The van der Waals surface area contributed by atoms with Crippen molar-refractivity contribution in [3.8, 4) is 0 Å². The van der Waals surface area contributed by atoms with E-state index in [0.717, 1.165) is 6.42 Å². The molecule has 0 aliphatic heterocycles. The molecule has 10 heteroatoms. The minimum atomic E-state index is -0.183. The van der Waals surface area contributed by atoms with Crippen molar-refractivity contribution >= 4 is 5.97 Å². The van der Waals surface area contributed by atoms with E-state index >= 15 is 0 Å². The summed E-state index contributed by atoms with van der Waals surface area (Å²) in [5.74, 6) is -0.183. The van der Waals surface area contributed by atoms with Crippen LogP contribution in [0.1, 0.15) is 19.8 Å². The van der Waals surface area contributed by atoms with Crippen LogP contribution < -0.4 is 5.73 Å². The lowest BCUT2D eigenvalue weighted by Gasteiger charge is -2.08. The lowest BCUT2D eigenvalue weighted by molar-refractivity contribution is -0.145. The number of ether oxygens (including phenoxy) is 8. The van der Waals surface area contributed by atoms with Crippen LogP contribution in [0.2, 0.25) is 0 Å². The van der Waals surface area contributed by atoms with E-state index in [0.29, 0.717) is 105 Å². The quantitative estimate of drug-likeness (QED) is 0.158. The number of hydrogen-bond acceptors (Lipinski definition) is 10. The third-order valence-electron chi connectivity index (χ3n) is 3.44. The van der Waals surface area contributed by atoms with Crippen LogP contribution in [0.3, 0.4) is 0 Å². The Morgan fingerprint density at radius 3 is 1.13 bits per heavy atom. The highest BCUT2D eigenvalue weighted by molar-refractivity contribution is 5.69. The van der Waals surface area contributed by atoms with Gasteiger partial charge in [0.05, 0.1) is 92.5 Å². The Morgan fingerprint density at radius 2 is 0.833 bits per heavy atom. The van der Waals surface area contributed by atoms with Crippen molar-refractivity contribution in [3.05, 3.63) is 0 Å². The number of esters is 1. The highest BCUT2D eigenvalue weighted by Crippen LogP contribution is 1.91. The van der Waals surface area contributed by atoms with Crippen molar-refractivity contribution in [2.24, 2.45) is 5.73 Å². The van der Waals surface area contributed by atoms with Gasteiger partial charge in [-0.2, -0.15) is 0 Å². The molecule has 180 valence electrons. The van der Waals surface area contributed by atoms with Crippen LogP contribution in [-0.2, 0) is 42.7 Å². The molecule has 0 unspecified atom stereocenters. The van der Waals surface area contributed by atoms with E-state index in [9.17, 15) is 4.79 Å². The molecule has 0 rings (SSSR count). The van der Waals surface area contributed by atoms with Crippen molar-refractivity contribution in [3.63, 3.8) is 0 Å². The van der Waals surface area contributed by atoms with Gasteiger partial charge >= 0.3 is 5.97 Å². The predicted octanol–water partition coefficient (Wildman–Crippen LogP) is 0.405. The summed E-state index contributed by atoms with van der Waals surface area (Å²) in [6.07, 6.45) is 1.24. The lowest BCUT2D eigenvalue weighted by Crippen LogP contribution is -2.15. The van der Waals surface area contributed by atoms with E-state index in [1.54, 1.807) is 0 Å². The van der Waals surface area contributed by atoms with Gasteiger partial charge in [0.15, 0.2) is 0 Å². The fraction of sp³-hybridized carbons (Fsp3) is 0.950. The maximum Gasteiger partial charge on any atom is 0.305 e. The number of nitrogens with two attached hydrogens (primary N) is 1. The van der Waals surface area contributed by atoms with E-state index in [1.165, 1.54) is 0 Å². The highest BCUT2D eigenvalue weighted by Gasteiger charge is 1.99. The van der Waals surface area contributed by atoms with Crippen molar-refractivity contribution in [2.45, 2.75) is 19.8 Å². The van der Waals surface area contributed by atoms with Crippen LogP contribution in [0.5, 0.6) is 0 Å². The number of carbonyl (C=O) groups excluding carboxylic acids is 1. The van der Waals surface area contributed by atoms with E-state index in [-0.39, 0.29) is 12.6 Å². The van der Waals surface area contributed by atoms with Gasteiger partial charge in [0, 0.05) is 13.0 Å². The molecule has 2 N–H and O–H groups in total. The molecular weight excluding hydrogens is 398 g/mol. The molecular formula is C20H41NO9. The Hall–Kier alpha value is -0.850. The average Bonchev–Trinajstić information content (AvgIpc) is 2.74. The van der Waals surface area contributed by atoms with Gasteiger partial charge in [-0.1, -0.05) is 6.92 Å². The maximum atomic E-state index is 11.1. The zero-order valence-corrected chi connectivity index (χ0v) is 18.5. The van der Waals surface area contributed by atoms with Crippen molar-refractivity contribution in [2.75, 3.05) is 106 Å². The van der Waals surface area contributed by atoms with Crippen LogP contribution in [-0.4, -0.2) is 112 Å². The first kappa shape index (κ1) is 29.1. The van der Waals surface area contributed by atoms with E-state index in [2.05, 4.69) is 0 Å². The summed E-state index contributed by atoms with van der Waals surface area (Å²) in [6, 6.07) is 0. The molecule has 0 spiro atoms. The first-order valence-electron chi connectivity index (χ1n) is 10.7. The van der Waals surface area contributed by atoms with Crippen LogP contribution in [0.4, 0.5) is 0 Å². The minimum absolute atomic E-state index is 0.183. The summed E-state index contributed by atoms with van der Waals surface area (Å²) in [5.41, 5.74) is 5.30. The summed E-state index contributed by atoms with van der Waals surface area (Å²) in [4.78, 5) is 11.1. The smallest absolute Gasteiger partial charge is 0.305 e. The van der Waals surface area contributed by atoms with Crippen LogP contribution in [0, 0.1) is 0 Å². The summed E-state index contributed by atoms with van der Waals surface area (Å²) in [5, 5.41) is 0. The molecule has 0 aromatic rings. The lowest BCUT2D eigenvalue weighted by atomic mass is 10.3. The molecule has 0 saturated carbocycles. The number of carbonyl (C=O) groups is 1. The SMILES string of the molecule is CCCC(=O)OCCOCCOCCOCCOCCOCCOCCOCCN. The van der Waals surface area contributed by atoms with Gasteiger partial charge in [0.25, 0.3) is 0 Å². The Balaban J connectivity index is 3.03. The molecule has 10 nitrogen and oxygen atoms in total. The second-order valence-corrected chi connectivity index (χ2v) is 6.05. The largest absolute Gasteiger partial charge is 0.463 e. The average molecular weight is 440 g/mol. The van der Waals surface area contributed by atoms with E-state index < -0.39 is 0 Å². The van der Waals surface area contributed by atoms with Crippen molar-refractivity contribution < 1.29 is 42.7 Å². The van der Waals surface area contributed by atoms with E-state index in [1.807, 2.05) is 6.92 Å². The van der Waals surface area contributed by atoms with Gasteiger partial charge in [-0.3, -0.25) is 4.79 Å². The summed E-state index contributed by atoms with van der Waals surface area (Å²) in [7, 11) is 0. The Morgan fingerprint density at radius 1 is 0.533 bits per heavy atom. The topological polar surface area (TPSA) is 117 Å². The Bertz CT molecular complexity index is 348. The highest BCUT2D eigenvalue weighted by atomic mass is 16.6. The zero-order valence-electron chi connectivity index (χ0n) is 18.5. The fourth-order valence-corrected chi connectivity index (χ4v) is 2.00. The number of rotatable bonds is 25. The number of hydrogen-bond donors (Lipinski definition) is 1. The van der Waals surface area contributed by atoms with Crippen molar-refractivity contribution in [1.29, 1.82) is 0 Å². The second-order valence-electron chi connectivity index (χ2n) is 6.05. The molecule has 0 aromatic carbocycles. The fourth-order valence-electron chi connectivity index (χ4n) is 2.00. The molecule has 0 aliphatic rings. The molecule has 0 fully saturated rings. The van der Waals surface area contributed by atoms with Gasteiger partial charge in [-0.15, -0.1) is 0 Å². The standard InChI is InChI=1S/C20H41NO9/c1-2-3-20(22)30-19-18-29-17-16-28-15-14-27-13-12-26-11-10-25-9-8-24-7-6-23-5-4-21/h2-19,21H2,1H3. The summed E-state index contributed by atoms with van der Waals surface area (Å²) in [6.45, 7) is 9.84. The van der Waals surface area contributed by atoms with Crippen LogP contribution in [0.15, 0.2) is 0 Å². The minimum Gasteiger partial charge on any atom is -0.463 e. The first-order chi connectivity index (χ1) is 14.8. The zero-order chi connectivity index (χ0) is 22.0. The normalized spacial score (nSPS) is 11.1. The third-order valence-corrected chi connectivity index (χ3v) is 3.44. The van der Waals surface area contributed by atoms with Gasteiger partial charge < -0.3 is 43.6 Å². The molecule has 0 saturated heterocycles. The molecule has 30 heavy (non-hydrogen) atoms. The molecule has 0 atom stereocenters. The van der Waals surface area contributed by atoms with Gasteiger partial charge in [0.1, 0.15) is 6.61 Å². The van der Waals surface area contributed by atoms with Crippen LogP contribution in [0.25, 0.3) is 0 Å². The Labute approximate surface area is 180 Å². The first-order valence-corrected chi connectivity index (χ1v) is 10.7. The second kappa shape index (κ2) is 26.2. The van der Waals surface area contributed by atoms with Crippen molar-refractivity contribution in [1.82, 2.24) is 0 Å². The monoisotopic (exact) mass is 439 g/mol. The summed E-state index contributed by atoms with van der Waals surface area (Å²) >= 11 is 0. The Kier molecular flexibility index (Phi) is 25.4. The van der Waals surface area contributed by atoms with Gasteiger partial charge in [0.2, 0.25) is 0 Å². The van der Waals surface area contributed by atoms with E-state index in [4.69, 9.17) is 43.6 Å². The van der Waals surface area contributed by atoms with Gasteiger partial charge in [-0.05, 0) is 6.42 Å². The van der Waals surface area contributed by atoms with Crippen LogP contribution >= 0.6 is 0 Å². The molecule has 0 heterocycles. The molecule has 0 aromatic heterocycles. The molecule has 0 aliphatic carbocycles. The molecule has 0 bridgehead atoms. The molecule has 0 amide bonds. The molecule has 0 radical (unpaired) electrons. The van der Waals surface area contributed by atoms with Gasteiger partial charge in [-0.25, -0.2) is 0 Å². The third kappa shape index (κ3) is 25.2. The summed E-state index contributed by atoms with van der Waals surface area (Å²) < 4.78 is 42.3. The maximum absolute atomic E-state index is 11.1. The predicted molar refractivity (Wildman–Crippen MR) is 111 cm³/mol.